The number of nitrogens with one attached hydrogen (secondary N) is 1. The topological polar surface area (TPSA) is 41.5 Å². The molecule has 0 aliphatic carbocycles. The highest BCUT2D eigenvalue weighted by Gasteiger charge is 2.03. The maximum atomic E-state index is 9.58. The Labute approximate surface area is 97.4 Å². The van der Waals surface area contributed by atoms with Crippen molar-refractivity contribution in [1.82, 2.24) is 0 Å². The van der Waals surface area contributed by atoms with Crippen LogP contribution in [0.25, 0.3) is 0 Å². The number of benzene rings is 1. The van der Waals surface area contributed by atoms with Gasteiger partial charge in [0, 0.05) is 18.8 Å². The molecule has 1 atom stereocenters. The molecule has 90 valence electrons. The molecule has 1 unspecified atom stereocenters. The van der Waals surface area contributed by atoms with Gasteiger partial charge in [-0.3, -0.25) is 0 Å². The number of aryl methyl sites for hydroxylation is 1. The molecule has 0 saturated carbocycles. The largest absolute Gasteiger partial charge is 0.389 e. The first-order chi connectivity index (χ1) is 7.76. The van der Waals surface area contributed by atoms with E-state index in [9.17, 15) is 5.11 Å². The van der Waals surface area contributed by atoms with E-state index in [1.807, 2.05) is 19.1 Å². The fourth-order valence-electron chi connectivity index (χ4n) is 1.45. The number of aliphatic hydroxyl groups excluding tert-OH is 1. The predicted octanol–water partition coefficient (Wildman–Crippen LogP) is 2.06. The quantitative estimate of drug-likeness (QED) is 0.743. The summed E-state index contributed by atoms with van der Waals surface area (Å²) in [5, 5.41) is 12.8. The van der Waals surface area contributed by atoms with Gasteiger partial charge in [-0.05, 0) is 31.0 Å². The highest BCUT2D eigenvalue weighted by atomic mass is 16.5. The molecule has 2 N–H and O–H groups in total. The van der Waals surface area contributed by atoms with Gasteiger partial charge >= 0.3 is 0 Å². The van der Waals surface area contributed by atoms with E-state index in [2.05, 4.69) is 24.4 Å². The summed E-state index contributed by atoms with van der Waals surface area (Å²) in [5.41, 5.74) is 2.35. The van der Waals surface area contributed by atoms with Gasteiger partial charge in [0.25, 0.3) is 0 Å². The molecule has 0 aromatic heterocycles. The minimum absolute atomic E-state index is 0.386. The Morgan fingerprint density at radius 3 is 2.88 bits per heavy atom. The van der Waals surface area contributed by atoms with Crippen molar-refractivity contribution in [3.8, 4) is 0 Å². The standard InChI is InChI=1S/C13H21NO2/c1-3-11-6-5-7-12(8-11)14-9-13(15)10-16-4-2/h5-8,13-15H,3-4,9-10H2,1-2H3. The first kappa shape index (κ1) is 13.0. The number of anilines is 1. The molecule has 0 saturated heterocycles. The van der Waals surface area contributed by atoms with E-state index in [0.717, 1.165) is 12.1 Å². The summed E-state index contributed by atoms with van der Waals surface area (Å²) in [5.74, 6) is 0. The van der Waals surface area contributed by atoms with Crippen molar-refractivity contribution in [3.63, 3.8) is 0 Å². The summed E-state index contributed by atoms with van der Waals surface area (Å²) >= 11 is 0. The fraction of sp³-hybridized carbons (Fsp3) is 0.538. The van der Waals surface area contributed by atoms with Crippen LogP contribution in [0.3, 0.4) is 0 Å². The van der Waals surface area contributed by atoms with Crippen LogP contribution < -0.4 is 5.32 Å². The molecule has 1 aromatic rings. The number of hydrogen-bond acceptors (Lipinski definition) is 3. The van der Waals surface area contributed by atoms with Gasteiger partial charge in [0.2, 0.25) is 0 Å². The second-order valence-electron chi connectivity index (χ2n) is 3.75. The van der Waals surface area contributed by atoms with Crippen molar-refractivity contribution in [2.45, 2.75) is 26.4 Å². The number of rotatable bonds is 7. The summed E-state index contributed by atoms with van der Waals surface area (Å²) in [6.45, 7) is 5.60. The van der Waals surface area contributed by atoms with Crippen LogP contribution in [0.1, 0.15) is 19.4 Å². The summed E-state index contributed by atoms with van der Waals surface area (Å²) in [6.07, 6.45) is 0.571. The summed E-state index contributed by atoms with van der Waals surface area (Å²) in [4.78, 5) is 0. The molecular weight excluding hydrogens is 202 g/mol. The van der Waals surface area contributed by atoms with Crippen molar-refractivity contribution in [3.05, 3.63) is 29.8 Å². The second-order valence-corrected chi connectivity index (χ2v) is 3.75. The molecule has 3 heteroatoms. The summed E-state index contributed by atoms with van der Waals surface area (Å²) in [6, 6.07) is 8.23. The van der Waals surface area contributed by atoms with Crippen LogP contribution in [-0.2, 0) is 11.2 Å². The Kier molecular flexibility index (Phi) is 5.90. The lowest BCUT2D eigenvalue weighted by molar-refractivity contribution is 0.0496. The van der Waals surface area contributed by atoms with Crippen LogP contribution in [0.15, 0.2) is 24.3 Å². The Hall–Kier alpha value is -1.06. The van der Waals surface area contributed by atoms with Gasteiger partial charge in [0.1, 0.15) is 0 Å². The van der Waals surface area contributed by atoms with Gasteiger partial charge in [-0.1, -0.05) is 19.1 Å². The SMILES string of the molecule is CCOCC(O)CNc1cccc(CC)c1. The lowest BCUT2D eigenvalue weighted by Crippen LogP contribution is -2.24. The Morgan fingerprint density at radius 2 is 2.19 bits per heavy atom. The highest BCUT2D eigenvalue weighted by Crippen LogP contribution is 2.10. The van der Waals surface area contributed by atoms with E-state index in [4.69, 9.17) is 4.74 Å². The third kappa shape index (κ3) is 4.64. The van der Waals surface area contributed by atoms with Crippen molar-refractivity contribution < 1.29 is 9.84 Å². The Balaban J connectivity index is 2.35. The van der Waals surface area contributed by atoms with E-state index in [1.54, 1.807) is 0 Å². The van der Waals surface area contributed by atoms with E-state index in [0.29, 0.717) is 19.8 Å². The van der Waals surface area contributed by atoms with Crippen LogP contribution in [-0.4, -0.2) is 31.0 Å². The third-order valence-corrected chi connectivity index (χ3v) is 2.39. The van der Waals surface area contributed by atoms with Gasteiger partial charge < -0.3 is 15.2 Å². The minimum Gasteiger partial charge on any atom is -0.389 e. The van der Waals surface area contributed by atoms with Crippen molar-refractivity contribution >= 4 is 5.69 Å². The number of aliphatic hydroxyl groups is 1. The van der Waals surface area contributed by atoms with Gasteiger partial charge in [-0.2, -0.15) is 0 Å². The van der Waals surface area contributed by atoms with Gasteiger partial charge in [0.15, 0.2) is 0 Å². The fourth-order valence-corrected chi connectivity index (χ4v) is 1.45. The molecular formula is C13H21NO2. The van der Waals surface area contributed by atoms with Crippen LogP contribution in [0.4, 0.5) is 5.69 Å². The zero-order chi connectivity index (χ0) is 11.8. The predicted molar refractivity (Wildman–Crippen MR) is 66.8 cm³/mol. The van der Waals surface area contributed by atoms with Crippen LogP contribution in [0, 0.1) is 0 Å². The monoisotopic (exact) mass is 223 g/mol. The maximum Gasteiger partial charge on any atom is 0.0945 e. The molecule has 0 fully saturated rings. The van der Waals surface area contributed by atoms with Crippen LogP contribution >= 0.6 is 0 Å². The Bertz CT molecular complexity index is 302. The van der Waals surface area contributed by atoms with E-state index >= 15 is 0 Å². The Morgan fingerprint density at radius 1 is 1.38 bits per heavy atom. The first-order valence-corrected chi connectivity index (χ1v) is 5.84. The van der Waals surface area contributed by atoms with Crippen LogP contribution in [0.5, 0.6) is 0 Å². The third-order valence-electron chi connectivity index (χ3n) is 2.39. The molecule has 0 spiro atoms. The average Bonchev–Trinajstić information content (AvgIpc) is 2.34. The number of hydrogen-bond donors (Lipinski definition) is 2. The first-order valence-electron chi connectivity index (χ1n) is 5.84. The maximum absolute atomic E-state index is 9.58. The second kappa shape index (κ2) is 7.25. The molecule has 16 heavy (non-hydrogen) atoms. The molecule has 0 heterocycles. The molecule has 0 aliphatic heterocycles. The molecule has 3 nitrogen and oxygen atoms in total. The lowest BCUT2D eigenvalue weighted by Gasteiger charge is -2.13. The minimum atomic E-state index is -0.453. The van der Waals surface area contributed by atoms with Crippen molar-refractivity contribution in [1.29, 1.82) is 0 Å². The van der Waals surface area contributed by atoms with Crippen LogP contribution in [0.2, 0.25) is 0 Å². The number of ether oxygens (including phenoxy) is 1. The smallest absolute Gasteiger partial charge is 0.0945 e. The van der Waals surface area contributed by atoms with Crippen molar-refractivity contribution in [2.24, 2.45) is 0 Å². The zero-order valence-electron chi connectivity index (χ0n) is 10.1. The molecule has 0 amide bonds. The lowest BCUT2D eigenvalue weighted by atomic mass is 10.1. The van der Waals surface area contributed by atoms with E-state index in [1.165, 1.54) is 5.56 Å². The van der Waals surface area contributed by atoms with Gasteiger partial charge in [0.05, 0.1) is 12.7 Å². The van der Waals surface area contributed by atoms with E-state index < -0.39 is 6.10 Å². The molecule has 1 aromatic carbocycles. The summed E-state index contributed by atoms with van der Waals surface area (Å²) in [7, 11) is 0. The summed E-state index contributed by atoms with van der Waals surface area (Å²) < 4.78 is 5.14. The van der Waals surface area contributed by atoms with E-state index in [-0.39, 0.29) is 0 Å². The molecule has 0 radical (unpaired) electrons. The molecule has 0 bridgehead atoms. The zero-order valence-corrected chi connectivity index (χ0v) is 10.1. The average molecular weight is 223 g/mol. The molecule has 1 rings (SSSR count). The van der Waals surface area contributed by atoms with Crippen molar-refractivity contribution in [2.75, 3.05) is 25.1 Å². The molecule has 0 aliphatic rings. The highest BCUT2D eigenvalue weighted by molar-refractivity contribution is 5.45. The normalized spacial score (nSPS) is 12.4. The van der Waals surface area contributed by atoms with Gasteiger partial charge in [-0.15, -0.1) is 0 Å². The van der Waals surface area contributed by atoms with Gasteiger partial charge in [-0.25, -0.2) is 0 Å².